The summed E-state index contributed by atoms with van der Waals surface area (Å²) in [5.74, 6) is -0.680. The Hall–Kier alpha value is -1.49. The second-order valence-electron chi connectivity index (χ2n) is 5.38. The Morgan fingerprint density at radius 3 is 2.52 bits per heavy atom. The van der Waals surface area contributed by atoms with Gasteiger partial charge in [0.2, 0.25) is 0 Å². The van der Waals surface area contributed by atoms with Crippen LogP contribution in [0.3, 0.4) is 0 Å². The lowest BCUT2D eigenvalue weighted by molar-refractivity contribution is -0.144. The first-order chi connectivity index (χ1) is 10.1. The van der Waals surface area contributed by atoms with Crippen LogP contribution in [0.25, 0.3) is 0 Å². The molecule has 0 saturated carbocycles. The summed E-state index contributed by atoms with van der Waals surface area (Å²) in [6, 6.07) is 6.65. The van der Waals surface area contributed by atoms with Gasteiger partial charge in [-0.05, 0) is 49.3 Å². The predicted octanol–water partition coefficient (Wildman–Crippen LogP) is 3.12. The normalized spacial score (nSPS) is 22.1. The number of carboxylic acids is 1. The lowest BCUT2D eigenvalue weighted by Crippen LogP contribution is -2.50. The summed E-state index contributed by atoms with van der Waals surface area (Å²) in [5.41, 5.74) is 0.564. The molecule has 114 valence electrons. The molecular weight excluding hydrogens is 286 g/mol. The van der Waals surface area contributed by atoms with Crippen LogP contribution < -0.4 is 0 Å². The van der Waals surface area contributed by atoms with E-state index in [4.69, 9.17) is 0 Å². The van der Waals surface area contributed by atoms with E-state index in [0.29, 0.717) is 24.4 Å². The van der Waals surface area contributed by atoms with Crippen LogP contribution in [0.2, 0.25) is 0 Å². The third kappa shape index (κ3) is 3.59. The molecule has 2 rings (SSSR count). The van der Waals surface area contributed by atoms with Crippen molar-refractivity contribution >= 4 is 23.6 Å². The van der Waals surface area contributed by atoms with E-state index in [9.17, 15) is 14.7 Å². The summed E-state index contributed by atoms with van der Waals surface area (Å²) in [5, 5.41) is 9.40. The number of rotatable bonds is 4. The van der Waals surface area contributed by atoms with Crippen LogP contribution in [-0.2, 0) is 4.79 Å². The van der Waals surface area contributed by atoms with Gasteiger partial charge in [-0.3, -0.25) is 4.79 Å². The highest BCUT2D eigenvalue weighted by Gasteiger charge is 2.35. The van der Waals surface area contributed by atoms with Crippen molar-refractivity contribution in [3.05, 3.63) is 29.8 Å². The quantitative estimate of drug-likeness (QED) is 0.868. The molecule has 1 saturated heterocycles. The van der Waals surface area contributed by atoms with Gasteiger partial charge in [-0.2, -0.15) is 0 Å². The molecule has 1 N–H and O–H groups in total. The Morgan fingerprint density at radius 1 is 1.33 bits per heavy atom. The number of thioether (sulfide) groups is 1. The molecule has 2 unspecified atom stereocenters. The minimum absolute atomic E-state index is 0.176. The number of hydrogen-bond donors (Lipinski definition) is 1. The van der Waals surface area contributed by atoms with Gasteiger partial charge in [0, 0.05) is 17.0 Å². The van der Waals surface area contributed by atoms with Crippen molar-refractivity contribution in [3.8, 4) is 0 Å². The van der Waals surface area contributed by atoms with Gasteiger partial charge in [-0.15, -0.1) is 11.8 Å². The Morgan fingerprint density at radius 2 is 2.00 bits per heavy atom. The van der Waals surface area contributed by atoms with E-state index in [-0.39, 0.29) is 5.91 Å². The van der Waals surface area contributed by atoms with Gasteiger partial charge in [0.1, 0.15) is 6.04 Å². The molecule has 2 atom stereocenters. The fraction of sp³-hybridized carbons (Fsp3) is 0.500. The number of piperidine rings is 1. The highest BCUT2D eigenvalue weighted by atomic mass is 32.2. The molecule has 1 fully saturated rings. The Balaban J connectivity index is 2.17. The van der Waals surface area contributed by atoms with Gasteiger partial charge in [-0.25, -0.2) is 4.79 Å². The fourth-order valence-corrected chi connectivity index (χ4v) is 3.19. The highest BCUT2D eigenvalue weighted by molar-refractivity contribution is 7.98. The van der Waals surface area contributed by atoms with Crippen LogP contribution in [0.5, 0.6) is 0 Å². The molecular formula is C16H21NO3S. The second-order valence-corrected chi connectivity index (χ2v) is 6.26. The van der Waals surface area contributed by atoms with Crippen LogP contribution in [0.15, 0.2) is 29.2 Å². The van der Waals surface area contributed by atoms with E-state index in [0.717, 1.165) is 17.7 Å². The summed E-state index contributed by atoms with van der Waals surface area (Å²) in [6.45, 7) is 2.60. The van der Waals surface area contributed by atoms with Crippen molar-refractivity contribution in [2.45, 2.75) is 37.1 Å². The smallest absolute Gasteiger partial charge is 0.326 e. The SMILES string of the molecule is CCC1CCN(C(=O)c2ccc(SC)cc2)C(C(=O)O)C1. The van der Waals surface area contributed by atoms with Crippen LogP contribution in [0.1, 0.15) is 36.5 Å². The van der Waals surface area contributed by atoms with E-state index < -0.39 is 12.0 Å². The Kier molecular flexibility index (Phi) is 5.28. The largest absolute Gasteiger partial charge is 0.480 e. The van der Waals surface area contributed by atoms with Crippen LogP contribution in [0.4, 0.5) is 0 Å². The molecule has 1 aromatic carbocycles. The Bertz CT molecular complexity index is 515. The standard InChI is InChI=1S/C16H21NO3S/c1-3-11-8-9-17(14(10-11)16(19)20)15(18)12-4-6-13(21-2)7-5-12/h4-7,11,14H,3,8-10H2,1-2H3,(H,19,20). The summed E-state index contributed by atoms with van der Waals surface area (Å²) < 4.78 is 0. The zero-order valence-electron chi connectivity index (χ0n) is 12.4. The number of likely N-dealkylation sites (tertiary alicyclic amines) is 1. The molecule has 1 heterocycles. The zero-order valence-corrected chi connectivity index (χ0v) is 13.2. The van der Waals surface area contributed by atoms with Crippen LogP contribution >= 0.6 is 11.8 Å². The van der Waals surface area contributed by atoms with Gasteiger partial charge in [0.05, 0.1) is 0 Å². The highest BCUT2D eigenvalue weighted by Crippen LogP contribution is 2.27. The maximum Gasteiger partial charge on any atom is 0.326 e. The van der Waals surface area contributed by atoms with Crippen molar-refractivity contribution in [3.63, 3.8) is 0 Å². The summed E-state index contributed by atoms with van der Waals surface area (Å²) in [4.78, 5) is 26.6. The molecule has 4 nitrogen and oxygen atoms in total. The molecule has 0 radical (unpaired) electrons. The molecule has 1 aliphatic heterocycles. The molecule has 5 heteroatoms. The van der Waals surface area contributed by atoms with E-state index in [1.807, 2.05) is 18.4 Å². The van der Waals surface area contributed by atoms with Gasteiger partial charge in [-0.1, -0.05) is 13.3 Å². The predicted molar refractivity (Wildman–Crippen MR) is 83.7 cm³/mol. The van der Waals surface area contributed by atoms with E-state index in [1.54, 1.807) is 23.9 Å². The maximum absolute atomic E-state index is 12.6. The number of aliphatic carboxylic acids is 1. The lowest BCUT2D eigenvalue weighted by atomic mass is 9.88. The number of carbonyl (C=O) groups excluding carboxylic acids is 1. The number of amides is 1. The van der Waals surface area contributed by atoms with Gasteiger partial charge in [0.25, 0.3) is 5.91 Å². The second kappa shape index (κ2) is 6.98. The molecule has 0 bridgehead atoms. The molecule has 1 aliphatic rings. The molecule has 1 aromatic rings. The minimum atomic E-state index is -0.901. The first-order valence-electron chi connectivity index (χ1n) is 7.24. The third-order valence-electron chi connectivity index (χ3n) is 4.17. The zero-order chi connectivity index (χ0) is 15.4. The molecule has 0 aromatic heterocycles. The van der Waals surface area contributed by atoms with Crippen LogP contribution in [0, 0.1) is 5.92 Å². The molecule has 1 amide bonds. The van der Waals surface area contributed by atoms with Crippen molar-refractivity contribution in [2.24, 2.45) is 5.92 Å². The number of benzene rings is 1. The maximum atomic E-state index is 12.6. The van der Waals surface area contributed by atoms with Gasteiger partial charge < -0.3 is 10.0 Å². The van der Waals surface area contributed by atoms with E-state index in [1.165, 1.54) is 4.90 Å². The van der Waals surface area contributed by atoms with Crippen molar-refractivity contribution in [1.29, 1.82) is 0 Å². The van der Waals surface area contributed by atoms with Crippen molar-refractivity contribution in [1.82, 2.24) is 4.90 Å². The molecule has 0 aliphatic carbocycles. The average molecular weight is 307 g/mol. The van der Waals surface area contributed by atoms with Crippen molar-refractivity contribution in [2.75, 3.05) is 12.8 Å². The third-order valence-corrected chi connectivity index (χ3v) is 4.91. The first kappa shape index (κ1) is 15.9. The summed E-state index contributed by atoms with van der Waals surface area (Å²) >= 11 is 1.61. The first-order valence-corrected chi connectivity index (χ1v) is 8.47. The number of carboxylic acid groups (broad SMARTS) is 1. The number of carbonyl (C=O) groups is 2. The lowest BCUT2D eigenvalue weighted by Gasteiger charge is -2.37. The van der Waals surface area contributed by atoms with Crippen LogP contribution in [-0.4, -0.2) is 40.7 Å². The van der Waals surface area contributed by atoms with E-state index >= 15 is 0 Å². The molecule has 0 spiro atoms. The van der Waals surface area contributed by atoms with Gasteiger partial charge >= 0.3 is 5.97 Å². The summed E-state index contributed by atoms with van der Waals surface area (Å²) in [7, 11) is 0. The van der Waals surface area contributed by atoms with E-state index in [2.05, 4.69) is 6.92 Å². The van der Waals surface area contributed by atoms with Gasteiger partial charge in [0.15, 0.2) is 0 Å². The topological polar surface area (TPSA) is 57.6 Å². The molecule has 21 heavy (non-hydrogen) atoms. The average Bonchev–Trinajstić information content (AvgIpc) is 2.53. The number of nitrogens with zero attached hydrogens (tertiary/aromatic N) is 1. The van der Waals surface area contributed by atoms with Crippen molar-refractivity contribution < 1.29 is 14.7 Å². The Labute approximate surface area is 129 Å². The monoisotopic (exact) mass is 307 g/mol. The fourth-order valence-electron chi connectivity index (χ4n) is 2.79. The summed E-state index contributed by atoms with van der Waals surface area (Å²) in [6.07, 6.45) is 4.39. The minimum Gasteiger partial charge on any atom is -0.480 e. The number of hydrogen-bond acceptors (Lipinski definition) is 3.